The Morgan fingerprint density at radius 2 is 2.16 bits per heavy atom. The maximum Gasteiger partial charge on any atom is 0.321 e. The molecule has 0 spiro atoms. The highest BCUT2D eigenvalue weighted by Gasteiger charge is 2.21. The molecule has 1 aromatic carbocycles. The van der Waals surface area contributed by atoms with Gasteiger partial charge in [-0.3, -0.25) is 10.1 Å². The molecule has 9 nitrogen and oxygen atoms in total. The number of aliphatic imine (C=N–C) groups is 1. The number of anilines is 2. The van der Waals surface area contributed by atoms with Crippen LogP contribution in [0.3, 0.4) is 0 Å². The fourth-order valence-corrected chi connectivity index (χ4v) is 3.45. The van der Waals surface area contributed by atoms with Crippen LogP contribution in [0.4, 0.5) is 16.2 Å². The molecule has 0 saturated heterocycles. The maximum absolute atomic E-state index is 12.5. The molecule has 2 aromatic rings. The van der Waals surface area contributed by atoms with Crippen LogP contribution >= 0.6 is 0 Å². The molecule has 0 atom stereocenters. The minimum Gasteiger partial charge on any atom is -0.338 e. The van der Waals surface area contributed by atoms with Gasteiger partial charge in [0.2, 0.25) is 5.96 Å². The fraction of sp³-hybridized carbons (Fsp3) is 0.304. The molecule has 1 aromatic heterocycles. The molecule has 1 aliphatic rings. The Balaban J connectivity index is 2.05. The predicted molar refractivity (Wildman–Crippen MR) is 130 cm³/mol. The summed E-state index contributed by atoms with van der Waals surface area (Å²) in [7, 11) is 0. The Kier molecular flexibility index (Phi) is 7.43. The van der Waals surface area contributed by atoms with Crippen molar-refractivity contribution in [1.29, 1.82) is 0 Å². The maximum atomic E-state index is 12.5. The number of fused-ring (bicyclic) bond motifs is 1. The molecule has 0 saturated carbocycles. The van der Waals surface area contributed by atoms with Crippen LogP contribution in [-0.2, 0) is 13.1 Å². The van der Waals surface area contributed by atoms with Crippen LogP contribution in [-0.4, -0.2) is 29.3 Å². The third-order valence-electron chi connectivity index (χ3n) is 4.87. The van der Waals surface area contributed by atoms with Gasteiger partial charge in [0.15, 0.2) is 0 Å². The molecule has 0 unspecified atom stereocenters. The topological polar surface area (TPSA) is 103 Å². The summed E-state index contributed by atoms with van der Waals surface area (Å²) >= 11 is 0. The van der Waals surface area contributed by atoms with Crippen molar-refractivity contribution in [3.05, 3.63) is 59.2 Å². The fourth-order valence-electron chi connectivity index (χ4n) is 3.45. The summed E-state index contributed by atoms with van der Waals surface area (Å²) in [6.07, 6.45) is 5.97. The van der Waals surface area contributed by atoms with Crippen molar-refractivity contribution in [2.75, 3.05) is 16.9 Å². The molecule has 3 rings (SSSR count). The number of hydrazone groups is 1. The molecular weight excluding hydrogens is 406 g/mol. The van der Waals surface area contributed by atoms with Crippen molar-refractivity contribution in [2.45, 2.75) is 40.3 Å². The van der Waals surface area contributed by atoms with E-state index in [9.17, 15) is 9.59 Å². The van der Waals surface area contributed by atoms with Crippen LogP contribution in [0.5, 0.6) is 0 Å². The van der Waals surface area contributed by atoms with Crippen LogP contribution < -0.4 is 26.5 Å². The summed E-state index contributed by atoms with van der Waals surface area (Å²) in [6.45, 7) is 11.1. The van der Waals surface area contributed by atoms with Gasteiger partial charge in [0, 0.05) is 43.3 Å². The molecule has 0 radical (unpaired) electrons. The summed E-state index contributed by atoms with van der Waals surface area (Å²) in [5, 5.41) is 14.6. The van der Waals surface area contributed by atoms with Gasteiger partial charge in [-0.15, -0.1) is 0 Å². The number of nitrogens with zero attached hydrogens (tertiary/aromatic N) is 4. The predicted octanol–water partition coefficient (Wildman–Crippen LogP) is 3.48. The van der Waals surface area contributed by atoms with Gasteiger partial charge in [-0.2, -0.15) is 5.10 Å². The molecule has 0 bridgehead atoms. The van der Waals surface area contributed by atoms with E-state index in [0.717, 1.165) is 34.5 Å². The second-order valence-electron chi connectivity index (χ2n) is 7.15. The van der Waals surface area contributed by atoms with Gasteiger partial charge >= 0.3 is 6.03 Å². The second kappa shape index (κ2) is 10.4. The number of nitrogens with one attached hydrogen (secondary N) is 3. The van der Waals surface area contributed by atoms with Gasteiger partial charge in [0.25, 0.3) is 5.56 Å². The number of urea groups is 1. The average Bonchev–Trinajstić information content (AvgIpc) is 2.78. The lowest BCUT2D eigenvalue weighted by Gasteiger charge is -2.26. The van der Waals surface area contributed by atoms with Crippen molar-refractivity contribution < 1.29 is 4.79 Å². The van der Waals surface area contributed by atoms with E-state index < -0.39 is 0 Å². The minimum atomic E-state index is -0.333. The number of aryl methyl sites for hydroxylation is 1. The normalized spacial score (nSPS) is 12.5. The van der Waals surface area contributed by atoms with Gasteiger partial charge in [0.05, 0.1) is 17.9 Å². The zero-order valence-corrected chi connectivity index (χ0v) is 18.7. The summed E-state index contributed by atoms with van der Waals surface area (Å²) in [5.41, 5.74) is 4.05. The van der Waals surface area contributed by atoms with Gasteiger partial charge < -0.3 is 15.2 Å². The summed E-state index contributed by atoms with van der Waals surface area (Å²) in [5.74, 6) is 0.351. The Hall–Kier alpha value is -3.88. The van der Waals surface area contributed by atoms with Crippen molar-refractivity contribution in [3.63, 3.8) is 0 Å². The molecule has 0 aliphatic carbocycles. The highest BCUT2D eigenvalue weighted by atomic mass is 16.2. The van der Waals surface area contributed by atoms with Crippen LogP contribution in [0, 0.1) is 0 Å². The monoisotopic (exact) mass is 435 g/mol. The minimum absolute atomic E-state index is 0.0413. The quantitative estimate of drug-likeness (QED) is 0.458. The highest BCUT2D eigenvalue weighted by molar-refractivity contribution is 6.07. The molecule has 2 heterocycles. The molecule has 3 N–H and O–H groups in total. The van der Waals surface area contributed by atoms with E-state index in [1.54, 1.807) is 28.1 Å². The van der Waals surface area contributed by atoms with Gasteiger partial charge in [-0.25, -0.2) is 14.8 Å². The van der Waals surface area contributed by atoms with E-state index in [4.69, 9.17) is 0 Å². The second-order valence-corrected chi connectivity index (χ2v) is 7.15. The van der Waals surface area contributed by atoms with Crippen molar-refractivity contribution in [1.82, 2.24) is 15.2 Å². The number of aromatic nitrogens is 1. The van der Waals surface area contributed by atoms with E-state index in [1.165, 1.54) is 0 Å². The SMILES string of the molecule is C=CN(/N=C\C)c1cc(-c2ccn(CCC)c(=O)c2)cc2c1NC(NC(=O)NCC)=NC2. The Labute approximate surface area is 187 Å². The lowest BCUT2D eigenvalue weighted by Crippen LogP contribution is -2.43. The number of carbonyl (C=O) groups excluding carboxylic acids is 1. The molecule has 32 heavy (non-hydrogen) atoms. The average molecular weight is 436 g/mol. The third kappa shape index (κ3) is 5.05. The Morgan fingerprint density at radius 1 is 1.34 bits per heavy atom. The third-order valence-corrected chi connectivity index (χ3v) is 4.87. The number of guanidine groups is 1. The van der Waals surface area contributed by atoms with Crippen LogP contribution in [0.25, 0.3) is 11.1 Å². The number of hydrogen-bond acceptors (Lipinski definition) is 6. The van der Waals surface area contributed by atoms with E-state index in [1.807, 2.05) is 45.2 Å². The van der Waals surface area contributed by atoms with Gasteiger partial charge in [-0.1, -0.05) is 13.5 Å². The highest BCUT2D eigenvalue weighted by Crippen LogP contribution is 2.37. The number of rotatable bonds is 7. The van der Waals surface area contributed by atoms with Crippen LogP contribution in [0.2, 0.25) is 0 Å². The number of benzene rings is 1. The number of pyridine rings is 1. The Morgan fingerprint density at radius 3 is 2.81 bits per heavy atom. The van der Waals surface area contributed by atoms with Gasteiger partial charge in [-0.05, 0) is 49.6 Å². The smallest absolute Gasteiger partial charge is 0.321 e. The van der Waals surface area contributed by atoms with Crippen molar-refractivity contribution >= 4 is 29.6 Å². The molecule has 1 aliphatic heterocycles. The lowest BCUT2D eigenvalue weighted by atomic mass is 10.00. The number of amides is 2. The first-order valence-corrected chi connectivity index (χ1v) is 10.6. The standard InChI is InChI=1S/C23H29N7O2/c1-5-10-29-11-9-16(14-20(29)31)17-12-18-15-25-22(28-23(32)24-6-2)27-21(18)19(13-17)30(8-4)26-7-3/h7-9,11-14H,4-6,10,15H2,1-3H3,(H3,24,25,27,28,32)/b26-7-. The Bertz CT molecular complexity index is 1120. The number of hydrogen-bond donors (Lipinski definition) is 3. The molecule has 168 valence electrons. The van der Waals surface area contributed by atoms with Crippen LogP contribution in [0.15, 0.2) is 58.1 Å². The van der Waals surface area contributed by atoms with E-state index >= 15 is 0 Å². The van der Waals surface area contributed by atoms with Crippen molar-refractivity contribution in [2.24, 2.45) is 10.1 Å². The lowest BCUT2D eigenvalue weighted by molar-refractivity contribution is 0.246. The largest absolute Gasteiger partial charge is 0.338 e. The zero-order chi connectivity index (χ0) is 23.1. The first-order valence-electron chi connectivity index (χ1n) is 10.6. The zero-order valence-electron chi connectivity index (χ0n) is 18.7. The van der Waals surface area contributed by atoms with Crippen molar-refractivity contribution in [3.8, 4) is 11.1 Å². The first kappa shape index (κ1) is 22.8. The molecule has 9 heteroatoms. The molecule has 0 fully saturated rings. The van der Waals surface area contributed by atoms with E-state index in [0.29, 0.717) is 25.6 Å². The molecule has 2 amide bonds. The van der Waals surface area contributed by atoms with E-state index in [2.05, 4.69) is 32.6 Å². The van der Waals surface area contributed by atoms with Crippen LogP contribution in [0.1, 0.15) is 32.8 Å². The summed E-state index contributed by atoms with van der Waals surface area (Å²) < 4.78 is 1.70. The van der Waals surface area contributed by atoms with Gasteiger partial charge in [0.1, 0.15) is 0 Å². The number of carbonyl (C=O) groups is 1. The summed E-state index contributed by atoms with van der Waals surface area (Å²) in [6, 6.07) is 7.18. The summed E-state index contributed by atoms with van der Waals surface area (Å²) in [4.78, 5) is 28.9. The molecular formula is C23H29N7O2. The first-order chi connectivity index (χ1) is 15.5. The van der Waals surface area contributed by atoms with E-state index in [-0.39, 0.29) is 11.6 Å².